The predicted molar refractivity (Wildman–Crippen MR) is 72.8 cm³/mol. The Morgan fingerprint density at radius 1 is 1.10 bits per heavy atom. The molecule has 0 saturated carbocycles. The molecule has 0 aliphatic carbocycles. The second-order valence-electron chi connectivity index (χ2n) is 4.85. The smallest absolute Gasteiger partial charge is 0.338 e. The van der Waals surface area contributed by atoms with Gasteiger partial charge in [-0.05, 0) is 12.0 Å². The van der Waals surface area contributed by atoms with Gasteiger partial charge in [-0.15, -0.1) is 0 Å². The summed E-state index contributed by atoms with van der Waals surface area (Å²) in [6.07, 6.45) is -0.391. The molecule has 0 aliphatic rings. The van der Waals surface area contributed by atoms with E-state index >= 15 is 0 Å². The first-order valence-corrected chi connectivity index (χ1v) is 6.43. The van der Waals surface area contributed by atoms with Gasteiger partial charge in [-0.3, -0.25) is 9.59 Å². The van der Waals surface area contributed by atoms with Gasteiger partial charge in [0.2, 0.25) is 0 Å². The van der Waals surface area contributed by atoms with Crippen molar-refractivity contribution in [1.29, 1.82) is 0 Å². The number of hydrogen-bond donors (Lipinski definition) is 1. The highest BCUT2D eigenvalue weighted by molar-refractivity contribution is 6.06. The van der Waals surface area contributed by atoms with Gasteiger partial charge in [-0.2, -0.15) is 0 Å². The molecule has 0 heterocycles. The summed E-state index contributed by atoms with van der Waals surface area (Å²) in [5.74, 6) is -1.77. The maximum absolute atomic E-state index is 11.9. The fourth-order valence-electron chi connectivity index (χ4n) is 1.58. The van der Waals surface area contributed by atoms with Crippen LogP contribution in [0.25, 0.3) is 0 Å². The molecule has 0 fully saturated rings. The Morgan fingerprint density at radius 2 is 1.70 bits per heavy atom. The van der Waals surface area contributed by atoms with Crippen molar-refractivity contribution in [3.63, 3.8) is 0 Å². The highest BCUT2D eigenvalue weighted by Gasteiger charge is 2.18. The van der Waals surface area contributed by atoms with Gasteiger partial charge in [0.1, 0.15) is 0 Å². The maximum Gasteiger partial charge on any atom is 0.338 e. The second kappa shape index (κ2) is 7.43. The summed E-state index contributed by atoms with van der Waals surface area (Å²) >= 11 is 0. The molecule has 5 heteroatoms. The number of ether oxygens (including phenoxy) is 1. The Balaban J connectivity index is 2.84. The molecular weight excluding hydrogens is 260 g/mol. The van der Waals surface area contributed by atoms with Crippen LogP contribution in [-0.4, -0.2) is 29.4 Å². The van der Waals surface area contributed by atoms with Crippen molar-refractivity contribution in [1.82, 2.24) is 0 Å². The Hall–Kier alpha value is -2.17. The SMILES string of the molecule is CC(C)COC(=O)c1ccccc1C(=O)CCC(=O)O. The van der Waals surface area contributed by atoms with Crippen molar-refractivity contribution in [2.75, 3.05) is 6.61 Å². The molecule has 20 heavy (non-hydrogen) atoms. The third-order valence-electron chi connectivity index (χ3n) is 2.56. The lowest BCUT2D eigenvalue weighted by Gasteiger charge is -2.10. The molecule has 1 rings (SSSR count). The molecule has 1 aromatic rings. The van der Waals surface area contributed by atoms with Gasteiger partial charge in [-0.1, -0.05) is 32.0 Å². The lowest BCUT2D eigenvalue weighted by molar-refractivity contribution is -0.136. The van der Waals surface area contributed by atoms with Crippen LogP contribution in [0.1, 0.15) is 47.4 Å². The zero-order valence-corrected chi connectivity index (χ0v) is 11.6. The van der Waals surface area contributed by atoms with E-state index in [0.717, 1.165) is 0 Å². The van der Waals surface area contributed by atoms with Gasteiger partial charge in [0, 0.05) is 12.0 Å². The number of esters is 1. The van der Waals surface area contributed by atoms with E-state index in [4.69, 9.17) is 9.84 Å². The minimum absolute atomic E-state index is 0.135. The number of rotatable bonds is 7. The summed E-state index contributed by atoms with van der Waals surface area (Å²) in [4.78, 5) is 34.4. The predicted octanol–water partition coefficient (Wildman–Crippen LogP) is 2.55. The number of carbonyl (C=O) groups excluding carboxylic acids is 2. The molecule has 0 saturated heterocycles. The van der Waals surface area contributed by atoms with Crippen molar-refractivity contribution < 1.29 is 24.2 Å². The number of hydrogen-bond acceptors (Lipinski definition) is 4. The van der Waals surface area contributed by atoms with E-state index < -0.39 is 11.9 Å². The monoisotopic (exact) mass is 278 g/mol. The summed E-state index contributed by atoms with van der Waals surface area (Å²) in [7, 11) is 0. The van der Waals surface area contributed by atoms with Crippen LogP contribution in [0.4, 0.5) is 0 Å². The van der Waals surface area contributed by atoms with Gasteiger partial charge >= 0.3 is 11.9 Å². The standard InChI is InChI=1S/C15H18O5/c1-10(2)9-20-15(19)12-6-4-3-5-11(12)13(16)7-8-14(17)18/h3-6,10H,7-9H2,1-2H3,(H,17,18). The van der Waals surface area contributed by atoms with E-state index in [-0.39, 0.29) is 42.3 Å². The van der Waals surface area contributed by atoms with E-state index in [2.05, 4.69) is 0 Å². The Kier molecular flexibility index (Phi) is 5.90. The number of aliphatic carboxylic acids is 1. The van der Waals surface area contributed by atoms with Crippen LogP contribution in [-0.2, 0) is 9.53 Å². The van der Waals surface area contributed by atoms with Crippen molar-refractivity contribution in [2.45, 2.75) is 26.7 Å². The zero-order chi connectivity index (χ0) is 15.1. The number of carbonyl (C=O) groups is 3. The topological polar surface area (TPSA) is 80.7 Å². The van der Waals surface area contributed by atoms with E-state index in [1.54, 1.807) is 12.1 Å². The quantitative estimate of drug-likeness (QED) is 0.612. The molecule has 108 valence electrons. The van der Waals surface area contributed by atoms with E-state index in [9.17, 15) is 14.4 Å². The fraction of sp³-hybridized carbons (Fsp3) is 0.400. The molecule has 1 N–H and O–H groups in total. The number of carboxylic acids is 1. The van der Waals surface area contributed by atoms with Crippen molar-refractivity contribution in [3.8, 4) is 0 Å². The average molecular weight is 278 g/mol. The summed E-state index contributed by atoms with van der Waals surface area (Å²) in [5, 5.41) is 8.59. The van der Waals surface area contributed by atoms with Gasteiger partial charge in [0.15, 0.2) is 5.78 Å². The molecule has 0 unspecified atom stereocenters. The third kappa shape index (κ3) is 4.84. The normalized spacial score (nSPS) is 10.3. The van der Waals surface area contributed by atoms with E-state index in [1.165, 1.54) is 12.1 Å². The number of Topliss-reactive ketones (excluding diaryl/α,β-unsaturated/α-hetero) is 1. The van der Waals surface area contributed by atoms with E-state index in [0.29, 0.717) is 0 Å². The summed E-state index contributed by atoms with van der Waals surface area (Å²) in [5.41, 5.74) is 0.394. The minimum atomic E-state index is -1.04. The second-order valence-corrected chi connectivity index (χ2v) is 4.85. The van der Waals surface area contributed by atoms with Gasteiger partial charge < -0.3 is 9.84 Å². The molecule has 0 spiro atoms. The van der Waals surface area contributed by atoms with Crippen LogP contribution < -0.4 is 0 Å². The number of benzene rings is 1. The Bertz CT molecular complexity index is 505. The molecule has 0 radical (unpaired) electrons. The molecule has 0 atom stereocenters. The lowest BCUT2D eigenvalue weighted by Crippen LogP contribution is -2.15. The minimum Gasteiger partial charge on any atom is -0.481 e. The van der Waals surface area contributed by atoms with Crippen LogP contribution >= 0.6 is 0 Å². The first kappa shape index (κ1) is 15.9. The first-order chi connectivity index (χ1) is 9.41. The van der Waals surface area contributed by atoms with E-state index in [1.807, 2.05) is 13.8 Å². The molecule has 1 aromatic carbocycles. The number of carboxylic acid groups (broad SMARTS) is 1. The summed E-state index contributed by atoms with van der Waals surface area (Å²) in [6, 6.07) is 6.29. The van der Waals surface area contributed by atoms with Crippen molar-refractivity contribution in [2.24, 2.45) is 5.92 Å². The van der Waals surface area contributed by atoms with Crippen LogP contribution in [0.2, 0.25) is 0 Å². The summed E-state index contributed by atoms with van der Waals surface area (Å²) in [6.45, 7) is 4.10. The molecule has 0 bridgehead atoms. The maximum atomic E-state index is 11.9. The van der Waals surface area contributed by atoms with Crippen LogP contribution in [0.5, 0.6) is 0 Å². The lowest BCUT2D eigenvalue weighted by atomic mass is 10.0. The number of ketones is 1. The summed E-state index contributed by atoms with van der Waals surface area (Å²) < 4.78 is 5.10. The largest absolute Gasteiger partial charge is 0.481 e. The Labute approximate surface area is 117 Å². The molecule has 0 aliphatic heterocycles. The van der Waals surface area contributed by atoms with Crippen LogP contribution in [0.15, 0.2) is 24.3 Å². The zero-order valence-electron chi connectivity index (χ0n) is 11.6. The average Bonchev–Trinajstić information content (AvgIpc) is 2.42. The highest BCUT2D eigenvalue weighted by atomic mass is 16.5. The molecule has 5 nitrogen and oxygen atoms in total. The van der Waals surface area contributed by atoms with Gasteiger partial charge in [-0.25, -0.2) is 4.79 Å². The van der Waals surface area contributed by atoms with Crippen LogP contribution in [0.3, 0.4) is 0 Å². The molecule has 0 aromatic heterocycles. The highest BCUT2D eigenvalue weighted by Crippen LogP contribution is 2.14. The van der Waals surface area contributed by atoms with Gasteiger partial charge in [0.05, 0.1) is 18.6 Å². The first-order valence-electron chi connectivity index (χ1n) is 6.43. The molecular formula is C15H18O5. The van der Waals surface area contributed by atoms with Crippen molar-refractivity contribution >= 4 is 17.7 Å². The fourth-order valence-corrected chi connectivity index (χ4v) is 1.58. The van der Waals surface area contributed by atoms with Crippen molar-refractivity contribution in [3.05, 3.63) is 35.4 Å². The third-order valence-corrected chi connectivity index (χ3v) is 2.56. The molecule has 0 amide bonds. The Morgan fingerprint density at radius 3 is 2.25 bits per heavy atom. The van der Waals surface area contributed by atoms with Crippen LogP contribution in [0, 0.1) is 5.92 Å². The van der Waals surface area contributed by atoms with Gasteiger partial charge in [0.25, 0.3) is 0 Å².